The lowest BCUT2D eigenvalue weighted by Gasteiger charge is -2.24. The molecular formula is C25H32ClN3O3. The number of pyridine rings is 1. The van der Waals surface area contributed by atoms with Gasteiger partial charge in [-0.3, -0.25) is 9.69 Å². The molecule has 0 spiro atoms. The summed E-state index contributed by atoms with van der Waals surface area (Å²) < 4.78 is 6.06. The SMILES string of the molecule is O=C(O)[C@H](c1cccc(Cl)c1)N1CC[C@@H](OCCCCCc2ccc3c(n2)NCCC3)C1. The van der Waals surface area contributed by atoms with E-state index in [0.717, 1.165) is 62.1 Å². The van der Waals surface area contributed by atoms with E-state index in [-0.39, 0.29) is 6.10 Å². The summed E-state index contributed by atoms with van der Waals surface area (Å²) in [6, 6.07) is 10.8. The third-order valence-electron chi connectivity index (χ3n) is 6.32. The van der Waals surface area contributed by atoms with E-state index < -0.39 is 12.0 Å². The van der Waals surface area contributed by atoms with Gasteiger partial charge in [-0.05, 0) is 67.9 Å². The molecule has 1 aromatic carbocycles. The first-order valence-corrected chi connectivity index (χ1v) is 12.0. The standard InChI is InChI=1S/C25H32ClN3O3/c26-20-8-4-6-19(16-20)23(25(30)31)29-14-12-22(17-29)32-15-3-1-2-9-21-11-10-18-7-5-13-27-24(18)28-21/h4,6,8,10-11,16,22-23H,1-3,5,7,9,12-15,17H2,(H,27,28)(H,30,31)/t22-,23+/m1/s1. The topological polar surface area (TPSA) is 74.7 Å². The Hall–Kier alpha value is -2.15. The van der Waals surface area contributed by atoms with Crippen LogP contribution in [0.15, 0.2) is 36.4 Å². The third-order valence-corrected chi connectivity index (χ3v) is 6.56. The zero-order valence-electron chi connectivity index (χ0n) is 18.4. The number of aliphatic carboxylic acids is 1. The van der Waals surface area contributed by atoms with Crippen molar-refractivity contribution < 1.29 is 14.6 Å². The summed E-state index contributed by atoms with van der Waals surface area (Å²) in [6.07, 6.45) is 7.45. The lowest BCUT2D eigenvalue weighted by Crippen LogP contribution is -2.33. The maximum Gasteiger partial charge on any atom is 0.325 e. The van der Waals surface area contributed by atoms with E-state index in [1.54, 1.807) is 18.2 Å². The zero-order valence-corrected chi connectivity index (χ0v) is 19.2. The number of carboxylic acids is 1. The van der Waals surface area contributed by atoms with Gasteiger partial charge in [0.05, 0.1) is 6.10 Å². The van der Waals surface area contributed by atoms with Crippen molar-refractivity contribution in [3.8, 4) is 0 Å². The number of ether oxygens (including phenoxy) is 1. The molecule has 2 aromatic rings. The quantitative estimate of drug-likeness (QED) is 0.503. The van der Waals surface area contributed by atoms with Crippen molar-refractivity contribution in [1.29, 1.82) is 0 Å². The van der Waals surface area contributed by atoms with Gasteiger partial charge in [-0.2, -0.15) is 0 Å². The maximum atomic E-state index is 11.9. The summed E-state index contributed by atoms with van der Waals surface area (Å²) in [4.78, 5) is 18.6. The van der Waals surface area contributed by atoms with Gasteiger partial charge in [0.15, 0.2) is 0 Å². The van der Waals surface area contributed by atoms with Gasteiger partial charge in [-0.15, -0.1) is 0 Å². The summed E-state index contributed by atoms with van der Waals surface area (Å²) in [6.45, 7) is 3.08. The molecule has 0 aliphatic carbocycles. The lowest BCUT2D eigenvalue weighted by atomic mass is 10.1. The van der Waals surface area contributed by atoms with Gasteiger partial charge in [0.1, 0.15) is 11.9 Å². The summed E-state index contributed by atoms with van der Waals surface area (Å²) in [7, 11) is 0. The number of unbranched alkanes of at least 4 members (excludes halogenated alkanes) is 2. The van der Waals surface area contributed by atoms with Crippen molar-refractivity contribution in [2.75, 3.05) is 31.6 Å². The van der Waals surface area contributed by atoms with Crippen molar-refractivity contribution in [2.45, 2.75) is 57.1 Å². The van der Waals surface area contributed by atoms with E-state index in [1.807, 2.05) is 11.0 Å². The molecule has 2 aliphatic heterocycles. The maximum absolute atomic E-state index is 11.9. The van der Waals surface area contributed by atoms with E-state index in [1.165, 1.54) is 12.0 Å². The van der Waals surface area contributed by atoms with Crippen molar-refractivity contribution in [2.24, 2.45) is 0 Å². The first-order chi connectivity index (χ1) is 15.6. The van der Waals surface area contributed by atoms with E-state index in [4.69, 9.17) is 21.3 Å². The Bertz CT molecular complexity index is 923. The average Bonchev–Trinajstić information content (AvgIpc) is 3.24. The molecule has 7 heteroatoms. The van der Waals surface area contributed by atoms with Gasteiger partial charge in [0, 0.05) is 37.0 Å². The zero-order chi connectivity index (χ0) is 22.3. The molecule has 1 aromatic heterocycles. The fraction of sp³-hybridized carbons (Fsp3) is 0.520. The van der Waals surface area contributed by atoms with Crippen LogP contribution in [0.1, 0.15) is 55.0 Å². The first kappa shape index (κ1) is 23.0. The molecule has 1 fully saturated rings. The molecule has 2 aliphatic rings. The first-order valence-electron chi connectivity index (χ1n) is 11.7. The highest BCUT2D eigenvalue weighted by atomic mass is 35.5. The second-order valence-corrected chi connectivity index (χ2v) is 9.16. The smallest absolute Gasteiger partial charge is 0.325 e. The predicted octanol–water partition coefficient (Wildman–Crippen LogP) is 4.72. The van der Waals surface area contributed by atoms with Crippen molar-refractivity contribution >= 4 is 23.4 Å². The highest BCUT2D eigenvalue weighted by molar-refractivity contribution is 6.30. The van der Waals surface area contributed by atoms with E-state index in [0.29, 0.717) is 24.7 Å². The molecule has 3 heterocycles. The molecule has 6 nitrogen and oxygen atoms in total. The molecule has 0 radical (unpaired) electrons. The number of aryl methyl sites for hydroxylation is 2. The monoisotopic (exact) mass is 457 g/mol. The third kappa shape index (κ3) is 6.00. The number of hydrogen-bond donors (Lipinski definition) is 2. The van der Waals surface area contributed by atoms with Crippen LogP contribution in [0, 0.1) is 0 Å². The molecule has 2 N–H and O–H groups in total. The number of hydrogen-bond acceptors (Lipinski definition) is 5. The van der Waals surface area contributed by atoms with Crippen LogP contribution in [-0.2, 0) is 22.4 Å². The Morgan fingerprint density at radius 3 is 3.03 bits per heavy atom. The number of carboxylic acid groups (broad SMARTS) is 1. The van der Waals surface area contributed by atoms with Crippen LogP contribution in [0.5, 0.6) is 0 Å². The van der Waals surface area contributed by atoms with Crippen LogP contribution < -0.4 is 5.32 Å². The van der Waals surface area contributed by atoms with Crippen LogP contribution in [-0.4, -0.2) is 53.3 Å². The van der Waals surface area contributed by atoms with Crippen LogP contribution in [0.3, 0.4) is 0 Å². The second-order valence-electron chi connectivity index (χ2n) is 8.72. The van der Waals surface area contributed by atoms with Crippen LogP contribution in [0.25, 0.3) is 0 Å². The van der Waals surface area contributed by atoms with Crippen molar-refractivity contribution in [3.63, 3.8) is 0 Å². The number of nitrogens with one attached hydrogen (secondary N) is 1. The number of benzene rings is 1. The van der Waals surface area contributed by atoms with Crippen molar-refractivity contribution in [3.05, 3.63) is 58.2 Å². The summed E-state index contributed by atoms with van der Waals surface area (Å²) in [5.41, 5.74) is 3.21. The number of likely N-dealkylation sites (tertiary alicyclic amines) is 1. The van der Waals surface area contributed by atoms with Crippen LogP contribution >= 0.6 is 11.6 Å². The number of anilines is 1. The fourth-order valence-corrected chi connectivity index (χ4v) is 4.85. The number of rotatable bonds is 10. The lowest BCUT2D eigenvalue weighted by molar-refractivity contribution is -0.143. The predicted molar refractivity (Wildman–Crippen MR) is 126 cm³/mol. The largest absolute Gasteiger partial charge is 0.480 e. The second kappa shape index (κ2) is 11.1. The van der Waals surface area contributed by atoms with Gasteiger partial charge < -0.3 is 15.2 Å². The summed E-state index contributed by atoms with van der Waals surface area (Å²) in [5, 5.41) is 13.7. The van der Waals surface area contributed by atoms with E-state index in [2.05, 4.69) is 17.4 Å². The van der Waals surface area contributed by atoms with Crippen LogP contribution in [0.4, 0.5) is 5.82 Å². The highest BCUT2D eigenvalue weighted by Gasteiger charge is 2.34. The molecule has 1 saturated heterocycles. The van der Waals surface area contributed by atoms with Gasteiger partial charge in [0.2, 0.25) is 0 Å². The van der Waals surface area contributed by atoms with Crippen LogP contribution in [0.2, 0.25) is 5.02 Å². The van der Waals surface area contributed by atoms with Gasteiger partial charge in [0.25, 0.3) is 0 Å². The Kier molecular flexibility index (Phi) is 8.00. The minimum absolute atomic E-state index is 0.0874. The fourth-order valence-electron chi connectivity index (χ4n) is 4.65. The molecule has 0 unspecified atom stereocenters. The van der Waals surface area contributed by atoms with E-state index in [9.17, 15) is 9.90 Å². The Labute approximate surface area is 194 Å². The molecular weight excluding hydrogens is 426 g/mol. The Morgan fingerprint density at radius 1 is 1.28 bits per heavy atom. The van der Waals surface area contributed by atoms with Gasteiger partial charge in [-0.1, -0.05) is 36.2 Å². The minimum Gasteiger partial charge on any atom is -0.480 e. The molecule has 0 amide bonds. The van der Waals surface area contributed by atoms with Gasteiger partial charge in [-0.25, -0.2) is 4.98 Å². The summed E-state index contributed by atoms with van der Waals surface area (Å²) >= 11 is 6.07. The molecule has 0 bridgehead atoms. The van der Waals surface area contributed by atoms with Gasteiger partial charge >= 0.3 is 5.97 Å². The number of carbonyl (C=O) groups is 1. The molecule has 172 valence electrons. The van der Waals surface area contributed by atoms with Crippen molar-refractivity contribution in [1.82, 2.24) is 9.88 Å². The molecule has 0 saturated carbocycles. The number of fused-ring (bicyclic) bond motifs is 1. The highest BCUT2D eigenvalue weighted by Crippen LogP contribution is 2.28. The Balaban J connectivity index is 1.16. The molecule has 2 atom stereocenters. The number of halogens is 1. The molecule has 32 heavy (non-hydrogen) atoms. The summed E-state index contributed by atoms with van der Waals surface area (Å²) in [5.74, 6) is 0.221. The molecule has 4 rings (SSSR count). The Morgan fingerprint density at radius 2 is 2.19 bits per heavy atom. The normalized spacial score (nSPS) is 19.3. The number of nitrogens with zero attached hydrogens (tertiary/aromatic N) is 2. The average molecular weight is 458 g/mol. The van der Waals surface area contributed by atoms with E-state index >= 15 is 0 Å². The number of aromatic nitrogens is 1. The minimum atomic E-state index is -0.848.